The normalized spacial score (nSPS) is 11.3. The van der Waals surface area contributed by atoms with Crippen LogP contribution in [0.15, 0.2) is 0 Å². The molecule has 0 atom stereocenters. The van der Waals surface area contributed by atoms with Crippen molar-refractivity contribution < 1.29 is 9.53 Å². The lowest BCUT2D eigenvalue weighted by molar-refractivity contribution is 0.0527. The Morgan fingerprint density at radius 3 is 2.29 bits per heavy atom. The highest BCUT2D eigenvalue weighted by molar-refractivity contribution is 5.67. The van der Waals surface area contributed by atoms with Crippen LogP contribution in [0.5, 0.6) is 0 Å². The molecule has 0 aromatic carbocycles. The first-order valence-corrected chi connectivity index (χ1v) is 6.63. The molecule has 0 saturated carbocycles. The van der Waals surface area contributed by atoms with Crippen LogP contribution in [0.25, 0.3) is 0 Å². The van der Waals surface area contributed by atoms with Crippen molar-refractivity contribution in [1.82, 2.24) is 10.6 Å². The molecule has 102 valence electrons. The smallest absolute Gasteiger partial charge is 0.407 e. The van der Waals surface area contributed by atoms with Crippen LogP contribution in [0, 0.1) is 0 Å². The number of unbranched alkanes of at least 4 members (excludes halogenated alkanes) is 2. The summed E-state index contributed by atoms with van der Waals surface area (Å²) in [6.45, 7) is 10.5. The van der Waals surface area contributed by atoms with E-state index in [9.17, 15) is 4.79 Å². The van der Waals surface area contributed by atoms with Gasteiger partial charge in [-0.25, -0.2) is 4.79 Å². The van der Waals surface area contributed by atoms with Crippen LogP contribution in [0.3, 0.4) is 0 Å². The molecule has 0 spiro atoms. The summed E-state index contributed by atoms with van der Waals surface area (Å²) < 4.78 is 5.13. The molecule has 0 radical (unpaired) electrons. The van der Waals surface area contributed by atoms with E-state index >= 15 is 0 Å². The summed E-state index contributed by atoms with van der Waals surface area (Å²) in [6.07, 6.45) is 4.37. The van der Waals surface area contributed by atoms with Gasteiger partial charge in [0.05, 0.1) is 0 Å². The first-order valence-electron chi connectivity index (χ1n) is 6.63. The van der Waals surface area contributed by atoms with Crippen LogP contribution in [0.4, 0.5) is 4.79 Å². The second kappa shape index (κ2) is 9.28. The van der Waals surface area contributed by atoms with Gasteiger partial charge in [-0.1, -0.05) is 19.8 Å². The summed E-state index contributed by atoms with van der Waals surface area (Å²) in [7, 11) is 0. The highest BCUT2D eigenvalue weighted by Crippen LogP contribution is 2.06. The standard InChI is InChI=1S/C13H28N2O2/c1-5-6-7-9-14-10-8-11-15-12(16)17-13(2,3)4/h14H,5-11H2,1-4H3,(H,15,16). The lowest BCUT2D eigenvalue weighted by atomic mass is 10.2. The van der Waals surface area contributed by atoms with Gasteiger partial charge in [-0.2, -0.15) is 0 Å². The third-order valence-corrected chi connectivity index (χ3v) is 2.16. The summed E-state index contributed by atoms with van der Waals surface area (Å²) in [5, 5.41) is 6.09. The van der Waals surface area contributed by atoms with Crippen LogP contribution in [0.1, 0.15) is 53.4 Å². The first-order chi connectivity index (χ1) is 7.95. The molecule has 0 heterocycles. The monoisotopic (exact) mass is 244 g/mol. The Balaban J connectivity index is 3.25. The van der Waals surface area contributed by atoms with Gasteiger partial charge in [-0.05, 0) is 46.7 Å². The zero-order valence-corrected chi connectivity index (χ0v) is 11.8. The van der Waals surface area contributed by atoms with Crippen LogP contribution < -0.4 is 10.6 Å². The molecule has 0 aliphatic rings. The van der Waals surface area contributed by atoms with Crippen molar-refractivity contribution in [3.05, 3.63) is 0 Å². The van der Waals surface area contributed by atoms with Gasteiger partial charge in [0, 0.05) is 6.54 Å². The van der Waals surface area contributed by atoms with E-state index in [2.05, 4.69) is 17.6 Å². The Kier molecular flexibility index (Phi) is 8.86. The molecule has 0 aliphatic carbocycles. The van der Waals surface area contributed by atoms with Crippen molar-refractivity contribution in [3.8, 4) is 0 Å². The molecule has 17 heavy (non-hydrogen) atoms. The minimum Gasteiger partial charge on any atom is -0.444 e. The van der Waals surface area contributed by atoms with E-state index in [1.54, 1.807) is 0 Å². The van der Waals surface area contributed by atoms with E-state index in [1.165, 1.54) is 19.3 Å². The van der Waals surface area contributed by atoms with E-state index in [1.807, 2.05) is 20.8 Å². The quantitative estimate of drug-likeness (QED) is 0.645. The van der Waals surface area contributed by atoms with Crippen LogP contribution in [0.2, 0.25) is 0 Å². The van der Waals surface area contributed by atoms with Gasteiger partial charge in [-0.15, -0.1) is 0 Å². The van der Waals surface area contributed by atoms with Crippen molar-refractivity contribution >= 4 is 6.09 Å². The van der Waals surface area contributed by atoms with Gasteiger partial charge in [-0.3, -0.25) is 0 Å². The van der Waals surface area contributed by atoms with Gasteiger partial charge in [0.1, 0.15) is 5.60 Å². The molecular formula is C13H28N2O2. The number of nitrogens with one attached hydrogen (secondary N) is 2. The summed E-state index contributed by atoms with van der Waals surface area (Å²) in [5.41, 5.74) is -0.414. The molecule has 0 aliphatic heterocycles. The molecule has 0 saturated heterocycles. The Bertz CT molecular complexity index is 200. The van der Waals surface area contributed by atoms with E-state index < -0.39 is 5.60 Å². The fourth-order valence-corrected chi connectivity index (χ4v) is 1.34. The Labute approximate surface area is 105 Å². The molecule has 0 aromatic heterocycles. The summed E-state index contributed by atoms with van der Waals surface area (Å²) >= 11 is 0. The Morgan fingerprint density at radius 1 is 1.06 bits per heavy atom. The SMILES string of the molecule is CCCCCNCCCNC(=O)OC(C)(C)C. The van der Waals surface area contributed by atoms with E-state index in [0.29, 0.717) is 6.54 Å². The van der Waals surface area contributed by atoms with Crippen molar-refractivity contribution in [1.29, 1.82) is 0 Å². The predicted molar refractivity (Wildman–Crippen MR) is 71.2 cm³/mol. The molecule has 4 nitrogen and oxygen atoms in total. The number of hydrogen-bond donors (Lipinski definition) is 2. The highest BCUT2D eigenvalue weighted by atomic mass is 16.6. The van der Waals surface area contributed by atoms with E-state index in [4.69, 9.17) is 4.74 Å². The lowest BCUT2D eigenvalue weighted by Crippen LogP contribution is -2.34. The minimum atomic E-state index is -0.414. The van der Waals surface area contributed by atoms with Gasteiger partial charge in [0.25, 0.3) is 0 Å². The zero-order chi connectivity index (χ0) is 13.1. The second-order valence-corrected chi connectivity index (χ2v) is 5.24. The summed E-state index contributed by atoms with van der Waals surface area (Å²) in [5.74, 6) is 0. The van der Waals surface area contributed by atoms with Gasteiger partial charge in [0.15, 0.2) is 0 Å². The molecule has 0 fully saturated rings. The van der Waals surface area contributed by atoms with Gasteiger partial charge < -0.3 is 15.4 Å². The molecule has 4 heteroatoms. The van der Waals surface area contributed by atoms with Gasteiger partial charge in [0.2, 0.25) is 0 Å². The van der Waals surface area contributed by atoms with E-state index in [0.717, 1.165) is 19.5 Å². The number of alkyl carbamates (subject to hydrolysis) is 1. The highest BCUT2D eigenvalue weighted by Gasteiger charge is 2.15. The zero-order valence-electron chi connectivity index (χ0n) is 11.8. The van der Waals surface area contributed by atoms with E-state index in [-0.39, 0.29) is 6.09 Å². The topological polar surface area (TPSA) is 50.4 Å². The molecule has 0 bridgehead atoms. The fourth-order valence-electron chi connectivity index (χ4n) is 1.34. The predicted octanol–water partition coefficient (Wildman–Crippen LogP) is 2.68. The minimum absolute atomic E-state index is 0.330. The second-order valence-electron chi connectivity index (χ2n) is 5.24. The molecule has 1 amide bonds. The third-order valence-electron chi connectivity index (χ3n) is 2.16. The maximum Gasteiger partial charge on any atom is 0.407 e. The largest absolute Gasteiger partial charge is 0.444 e. The maximum atomic E-state index is 11.3. The molecule has 2 N–H and O–H groups in total. The molecular weight excluding hydrogens is 216 g/mol. The van der Waals surface area contributed by atoms with Crippen LogP contribution in [-0.2, 0) is 4.74 Å². The van der Waals surface area contributed by atoms with Crippen molar-refractivity contribution in [2.75, 3.05) is 19.6 Å². The summed E-state index contributed by atoms with van der Waals surface area (Å²) in [6, 6.07) is 0. The number of hydrogen-bond acceptors (Lipinski definition) is 3. The number of rotatable bonds is 8. The fraction of sp³-hybridized carbons (Fsp3) is 0.923. The summed E-state index contributed by atoms with van der Waals surface area (Å²) in [4.78, 5) is 11.3. The number of carbonyl (C=O) groups is 1. The average molecular weight is 244 g/mol. The maximum absolute atomic E-state index is 11.3. The van der Waals surface area contributed by atoms with Crippen molar-refractivity contribution in [3.63, 3.8) is 0 Å². The number of amides is 1. The first kappa shape index (κ1) is 16.2. The lowest BCUT2D eigenvalue weighted by Gasteiger charge is -2.19. The van der Waals surface area contributed by atoms with Crippen molar-refractivity contribution in [2.45, 2.75) is 59.0 Å². The van der Waals surface area contributed by atoms with Crippen LogP contribution >= 0.6 is 0 Å². The molecule has 0 unspecified atom stereocenters. The third kappa shape index (κ3) is 13.2. The average Bonchev–Trinajstić information content (AvgIpc) is 2.19. The number of ether oxygens (including phenoxy) is 1. The number of carbonyl (C=O) groups excluding carboxylic acids is 1. The Morgan fingerprint density at radius 2 is 1.71 bits per heavy atom. The Hall–Kier alpha value is -0.770. The van der Waals surface area contributed by atoms with Gasteiger partial charge >= 0.3 is 6.09 Å². The molecule has 0 rings (SSSR count). The van der Waals surface area contributed by atoms with Crippen LogP contribution in [-0.4, -0.2) is 31.3 Å². The van der Waals surface area contributed by atoms with Crippen molar-refractivity contribution in [2.24, 2.45) is 0 Å². The molecule has 0 aromatic rings.